The number of esters is 2. The van der Waals surface area contributed by atoms with E-state index in [1.54, 1.807) is 31.2 Å². The van der Waals surface area contributed by atoms with Crippen LogP contribution in [0.2, 0.25) is 5.02 Å². The monoisotopic (exact) mass is 407 g/mol. The molecular formula is C18H14ClNO6S. The lowest BCUT2D eigenvalue weighted by molar-refractivity contribution is -0.384. The number of halogens is 1. The van der Waals surface area contributed by atoms with Crippen LogP contribution in [0.1, 0.15) is 23.7 Å². The third-order valence-corrected chi connectivity index (χ3v) is 5.15. The molecule has 140 valence electrons. The maximum Gasteiger partial charge on any atom is 0.347 e. The van der Waals surface area contributed by atoms with Crippen molar-refractivity contribution < 1.29 is 24.0 Å². The summed E-state index contributed by atoms with van der Waals surface area (Å²) < 4.78 is 10.2. The molecule has 2 aromatic carbocycles. The first-order valence-corrected chi connectivity index (χ1v) is 9.16. The molecule has 2 unspecified atom stereocenters. The van der Waals surface area contributed by atoms with Crippen LogP contribution in [0.5, 0.6) is 0 Å². The van der Waals surface area contributed by atoms with Gasteiger partial charge in [0.2, 0.25) is 6.10 Å². The van der Waals surface area contributed by atoms with Gasteiger partial charge in [-0.2, -0.15) is 0 Å². The molecular weight excluding hydrogens is 394 g/mol. The van der Waals surface area contributed by atoms with E-state index < -0.39 is 23.0 Å². The number of carbonyl (C=O) groups is 2. The number of non-ortho nitro benzene ring substituents is 1. The lowest BCUT2D eigenvalue weighted by Crippen LogP contribution is -2.23. The van der Waals surface area contributed by atoms with E-state index >= 15 is 0 Å². The number of nitro benzene ring substituents is 1. The summed E-state index contributed by atoms with van der Waals surface area (Å²) in [5.74, 6) is -1.43. The molecule has 2 atom stereocenters. The predicted octanol–water partition coefficient (Wildman–Crippen LogP) is 4.26. The topological polar surface area (TPSA) is 95.7 Å². The molecule has 0 spiro atoms. The molecule has 0 N–H and O–H groups in total. The molecule has 2 aromatic rings. The number of nitrogens with zero attached hydrogens (tertiary/aromatic N) is 1. The van der Waals surface area contributed by atoms with Crippen LogP contribution in [0, 0.1) is 10.1 Å². The molecule has 1 fully saturated rings. The van der Waals surface area contributed by atoms with Crippen molar-refractivity contribution in [2.45, 2.75) is 35.3 Å². The minimum atomic E-state index is -1.01. The molecule has 0 aliphatic carbocycles. The molecule has 1 aliphatic rings. The van der Waals surface area contributed by atoms with Gasteiger partial charge in [-0.3, -0.25) is 10.1 Å². The Hall–Kier alpha value is -2.58. The minimum Gasteiger partial charge on any atom is -0.460 e. The van der Waals surface area contributed by atoms with E-state index in [0.29, 0.717) is 9.92 Å². The van der Waals surface area contributed by atoms with E-state index in [1.807, 2.05) is 0 Å². The van der Waals surface area contributed by atoms with Gasteiger partial charge in [-0.1, -0.05) is 23.4 Å². The number of rotatable bonds is 5. The van der Waals surface area contributed by atoms with Crippen molar-refractivity contribution in [1.29, 1.82) is 0 Å². The number of carbonyl (C=O) groups excluding carboxylic acids is 2. The van der Waals surface area contributed by atoms with Gasteiger partial charge in [-0.15, -0.1) is 0 Å². The molecule has 1 aliphatic heterocycles. The van der Waals surface area contributed by atoms with Crippen LogP contribution in [0.25, 0.3) is 0 Å². The van der Waals surface area contributed by atoms with Crippen molar-refractivity contribution in [3.8, 4) is 0 Å². The van der Waals surface area contributed by atoms with Crippen molar-refractivity contribution >= 4 is 41.0 Å². The van der Waals surface area contributed by atoms with Gasteiger partial charge in [-0.05, 0) is 37.3 Å². The summed E-state index contributed by atoms with van der Waals surface area (Å²) in [5.41, 5.74) is -0.235. The molecule has 9 heteroatoms. The first-order chi connectivity index (χ1) is 12.8. The molecule has 0 radical (unpaired) electrons. The fourth-order valence-corrected chi connectivity index (χ4v) is 3.56. The Bertz CT molecular complexity index is 901. The van der Waals surface area contributed by atoms with Crippen LogP contribution in [0.3, 0.4) is 0 Å². The normalized spacial score (nSPS) is 18.8. The molecule has 7 nitrogen and oxygen atoms in total. The number of cyclic esters (lactones) is 1. The molecule has 0 bridgehead atoms. The van der Waals surface area contributed by atoms with Crippen molar-refractivity contribution in [2.75, 3.05) is 0 Å². The fraction of sp³-hybridized carbons (Fsp3) is 0.222. The summed E-state index contributed by atoms with van der Waals surface area (Å²) in [4.78, 5) is 36.1. The van der Waals surface area contributed by atoms with Crippen molar-refractivity contribution in [1.82, 2.24) is 0 Å². The zero-order chi connectivity index (χ0) is 19.6. The Labute approximate surface area is 163 Å². The highest BCUT2D eigenvalue weighted by Gasteiger charge is 2.36. The predicted molar refractivity (Wildman–Crippen MR) is 98.0 cm³/mol. The minimum absolute atomic E-state index is 0.0107. The highest BCUT2D eigenvalue weighted by Crippen LogP contribution is 2.34. The van der Waals surface area contributed by atoms with E-state index in [0.717, 1.165) is 11.0 Å². The standard InChI is InChI=1S/C18H14ClNO6S/c1-10-8-15(18(22)25-10)26-17(21)14-9-12(20(23)24)4-7-16(14)27-13-5-2-11(19)3-6-13/h2-7,9-10,15H,8H2,1H3. The first kappa shape index (κ1) is 19.2. The molecule has 1 heterocycles. The number of benzene rings is 2. The zero-order valence-electron chi connectivity index (χ0n) is 14.1. The van der Waals surface area contributed by atoms with Crippen molar-refractivity contribution in [2.24, 2.45) is 0 Å². The number of hydrogen-bond acceptors (Lipinski definition) is 7. The summed E-state index contributed by atoms with van der Waals surface area (Å²) in [6.45, 7) is 1.70. The van der Waals surface area contributed by atoms with Crippen LogP contribution in [0.15, 0.2) is 52.3 Å². The van der Waals surface area contributed by atoms with Crippen molar-refractivity contribution in [3.63, 3.8) is 0 Å². The van der Waals surface area contributed by atoms with Gasteiger partial charge >= 0.3 is 11.9 Å². The Balaban J connectivity index is 1.89. The second kappa shape index (κ2) is 7.98. The van der Waals surface area contributed by atoms with Crippen LogP contribution in [-0.4, -0.2) is 29.1 Å². The lowest BCUT2D eigenvalue weighted by Gasteiger charge is -2.12. The largest absolute Gasteiger partial charge is 0.460 e. The summed E-state index contributed by atoms with van der Waals surface area (Å²) in [5, 5.41) is 11.6. The van der Waals surface area contributed by atoms with Crippen LogP contribution in [-0.2, 0) is 14.3 Å². The summed E-state index contributed by atoms with van der Waals surface area (Å²) in [6, 6.07) is 10.8. The first-order valence-electron chi connectivity index (χ1n) is 7.97. The average Bonchev–Trinajstić information content (AvgIpc) is 2.94. The van der Waals surface area contributed by atoms with E-state index in [2.05, 4.69) is 0 Å². The van der Waals surface area contributed by atoms with Gasteiger partial charge in [0.05, 0.1) is 10.5 Å². The summed E-state index contributed by atoms with van der Waals surface area (Å²) >= 11 is 7.10. The van der Waals surface area contributed by atoms with E-state index in [9.17, 15) is 19.7 Å². The Morgan fingerprint density at radius 2 is 2.00 bits per heavy atom. The third kappa shape index (κ3) is 4.58. The fourth-order valence-electron chi connectivity index (χ4n) is 2.52. The zero-order valence-corrected chi connectivity index (χ0v) is 15.7. The smallest absolute Gasteiger partial charge is 0.347 e. The van der Waals surface area contributed by atoms with Gasteiger partial charge < -0.3 is 9.47 Å². The Kier molecular flexibility index (Phi) is 5.67. The van der Waals surface area contributed by atoms with Gasteiger partial charge in [0, 0.05) is 33.4 Å². The highest BCUT2D eigenvalue weighted by molar-refractivity contribution is 7.99. The summed E-state index contributed by atoms with van der Waals surface area (Å²) in [7, 11) is 0. The highest BCUT2D eigenvalue weighted by atomic mass is 35.5. The van der Waals surface area contributed by atoms with Gasteiger partial charge in [0.25, 0.3) is 5.69 Å². The molecule has 1 saturated heterocycles. The Morgan fingerprint density at radius 3 is 2.59 bits per heavy atom. The molecule has 0 amide bonds. The maximum absolute atomic E-state index is 12.6. The maximum atomic E-state index is 12.6. The lowest BCUT2D eigenvalue weighted by atomic mass is 10.2. The van der Waals surface area contributed by atoms with Crippen molar-refractivity contribution in [3.05, 3.63) is 63.2 Å². The molecule has 0 saturated carbocycles. The van der Waals surface area contributed by atoms with Crippen LogP contribution < -0.4 is 0 Å². The second-order valence-electron chi connectivity index (χ2n) is 5.87. The number of hydrogen-bond donors (Lipinski definition) is 0. The van der Waals surface area contributed by atoms with E-state index in [4.69, 9.17) is 21.1 Å². The van der Waals surface area contributed by atoms with Crippen LogP contribution >= 0.6 is 23.4 Å². The molecule has 3 rings (SSSR count). The van der Waals surface area contributed by atoms with E-state index in [-0.39, 0.29) is 23.8 Å². The van der Waals surface area contributed by atoms with E-state index in [1.165, 1.54) is 23.9 Å². The molecule has 27 heavy (non-hydrogen) atoms. The summed E-state index contributed by atoms with van der Waals surface area (Å²) in [6.07, 6.45) is -1.11. The van der Waals surface area contributed by atoms with Gasteiger partial charge in [0.1, 0.15) is 6.10 Å². The van der Waals surface area contributed by atoms with Gasteiger partial charge in [-0.25, -0.2) is 9.59 Å². The average molecular weight is 408 g/mol. The quantitative estimate of drug-likeness (QED) is 0.415. The SMILES string of the molecule is CC1CC(OC(=O)c2cc([N+](=O)[O-])ccc2Sc2ccc(Cl)cc2)C(=O)O1. The number of nitro groups is 1. The third-order valence-electron chi connectivity index (χ3n) is 3.81. The van der Waals surface area contributed by atoms with Crippen LogP contribution in [0.4, 0.5) is 5.69 Å². The number of ether oxygens (including phenoxy) is 2. The second-order valence-corrected chi connectivity index (χ2v) is 7.42. The van der Waals surface area contributed by atoms with Gasteiger partial charge in [0.15, 0.2) is 0 Å². The Morgan fingerprint density at radius 1 is 1.30 bits per heavy atom. The molecule has 0 aromatic heterocycles.